The predicted octanol–water partition coefficient (Wildman–Crippen LogP) is 3.11. The highest BCUT2D eigenvalue weighted by molar-refractivity contribution is 14.0. The van der Waals surface area contributed by atoms with E-state index in [2.05, 4.69) is 27.8 Å². The number of guanidine groups is 1. The molecule has 0 radical (unpaired) electrons. The van der Waals surface area contributed by atoms with Gasteiger partial charge in [-0.1, -0.05) is 30.3 Å². The van der Waals surface area contributed by atoms with Crippen LogP contribution in [0.2, 0.25) is 0 Å². The van der Waals surface area contributed by atoms with E-state index in [0.29, 0.717) is 32.4 Å². The molecule has 27 heavy (non-hydrogen) atoms. The first-order chi connectivity index (χ1) is 12.7. The van der Waals surface area contributed by atoms with Gasteiger partial charge in [-0.2, -0.15) is 0 Å². The predicted molar refractivity (Wildman–Crippen MR) is 118 cm³/mol. The number of benzene rings is 1. The molecule has 0 amide bonds. The first kappa shape index (κ1) is 23.7. The molecule has 0 saturated heterocycles. The number of carbonyl (C=O) groups is 1. The van der Waals surface area contributed by atoms with Gasteiger partial charge in [0.25, 0.3) is 0 Å². The lowest BCUT2D eigenvalue weighted by molar-refractivity contribution is -0.149. The van der Waals surface area contributed by atoms with Crippen LogP contribution in [0, 0.1) is 5.92 Å². The molecule has 7 heteroatoms. The average Bonchev–Trinajstić information content (AvgIpc) is 2.68. The summed E-state index contributed by atoms with van der Waals surface area (Å²) in [6, 6.07) is 10.5. The van der Waals surface area contributed by atoms with Crippen LogP contribution in [-0.4, -0.2) is 44.8 Å². The zero-order valence-electron chi connectivity index (χ0n) is 16.3. The molecule has 1 aromatic carbocycles. The number of halogens is 1. The Morgan fingerprint density at radius 1 is 1.19 bits per heavy atom. The molecule has 2 rings (SSSR count). The molecule has 152 valence electrons. The molecule has 0 heterocycles. The zero-order chi connectivity index (χ0) is 18.6. The number of nitrogens with zero attached hydrogens (tertiary/aromatic N) is 1. The van der Waals surface area contributed by atoms with Crippen molar-refractivity contribution in [3.8, 4) is 0 Å². The summed E-state index contributed by atoms with van der Waals surface area (Å²) in [5.74, 6) is 0.784. The molecular weight excluding hydrogens is 457 g/mol. The highest BCUT2D eigenvalue weighted by Gasteiger charge is 2.27. The van der Waals surface area contributed by atoms with Gasteiger partial charge < -0.3 is 20.1 Å². The summed E-state index contributed by atoms with van der Waals surface area (Å²) < 4.78 is 10.8. The van der Waals surface area contributed by atoms with Crippen LogP contribution in [0.3, 0.4) is 0 Å². The minimum absolute atomic E-state index is 0. The minimum atomic E-state index is -0.0518. The van der Waals surface area contributed by atoms with Crippen molar-refractivity contribution in [3.05, 3.63) is 35.9 Å². The van der Waals surface area contributed by atoms with Gasteiger partial charge in [0.2, 0.25) is 0 Å². The maximum Gasteiger partial charge on any atom is 0.308 e. The molecule has 6 nitrogen and oxygen atoms in total. The number of rotatable bonds is 8. The first-order valence-corrected chi connectivity index (χ1v) is 9.48. The summed E-state index contributed by atoms with van der Waals surface area (Å²) >= 11 is 0. The molecule has 1 aromatic rings. The normalized spacial score (nSPS) is 19.7. The second-order valence-corrected chi connectivity index (χ2v) is 6.48. The fraction of sp³-hybridized carbons (Fsp3) is 0.600. The Hall–Kier alpha value is -1.35. The first-order valence-electron chi connectivity index (χ1n) is 9.48. The van der Waals surface area contributed by atoms with Gasteiger partial charge >= 0.3 is 5.97 Å². The lowest BCUT2D eigenvalue weighted by Crippen LogP contribution is -2.46. The summed E-state index contributed by atoms with van der Waals surface area (Å²) in [5.41, 5.74) is 1.17. The molecule has 0 atom stereocenters. The van der Waals surface area contributed by atoms with E-state index in [1.165, 1.54) is 5.56 Å². The van der Waals surface area contributed by atoms with E-state index in [1.54, 1.807) is 7.05 Å². The second-order valence-electron chi connectivity index (χ2n) is 6.48. The number of esters is 1. The van der Waals surface area contributed by atoms with Gasteiger partial charge in [0.1, 0.15) is 0 Å². The van der Waals surface area contributed by atoms with Gasteiger partial charge in [-0.25, -0.2) is 0 Å². The van der Waals surface area contributed by atoms with Gasteiger partial charge in [0, 0.05) is 19.6 Å². The standard InChI is InChI=1S/C20H31N3O3.HI/c1-3-26-19(24)17-9-11-18(12-10-17)23-20(21-2)22-13-14-25-15-16-7-5-4-6-8-16;/h4-8,17-18H,3,9-15H2,1-2H3,(H2,21,22,23);1H. The lowest BCUT2D eigenvalue weighted by atomic mass is 9.86. The molecule has 0 aromatic heterocycles. The minimum Gasteiger partial charge on any atom is -0.466 e. The van der Waals surface area contributed by atoms with E-state index in [0.717, 1.165) is 31.6 Å². The Labute approximate surface area is 179 Å². The number of ether oxygens (including phenoxy) is 2. The molecule has 1 aliphatic carbocycles. The lowest BCUT2D eigenvalue weighted by Gasteiger charge is -2.29. The molecular formula is C20H32IN3O3. The summed E-state index contributed by atoms with van der Waals surface area (Å²) in [6.07, 6.45) is 3.64. The van der Waals surface area contributed by atoms with Crippen molar-refractivity contribution in [1.82, 2.24) is 10.6 Å². The second kappa shape index (κ2) is 13.8. The Balaban J connectivity index is 0.00000364. The molecule has 1 fully saturated rings. The quantitative estimate of drug-likeness (QED) is 0.193. The van der Waals surface area contributed by atoms with Crippen molar-refractivity contribution in [1.29, 1.82) is 0 Å². The molecule has 0 spiro atoms. The van der Waals surface area contributed by atoms with E-state index >= 15 is 0 Å². The Morgan fingerprint density at radius 2 is 1.89 bits per heavy atom. The fourth-order valence-electron chi connectivity index (χ4n) is 3.13. The van der Waals surface area contributed by atoms with Gasteiger partial charge in [-0.15, -0.1) is 24.0 Å². The number of hydrogen-bond acceptors (Lipinski definition) is 4. The van der Waals surface area contributed by atoms with Crippen LogP contribution in [0.1, 0.15) is 38.2 Å². The highest BCUT2D eigenvalue weighted by atomic mass is 127. The largest absolute Gasteiger partial charge is 0.466 e. The maximum atomic E-state index is 11.8. The Morgan fingerprint density at radius 3 is 2.52 bits per heavy atom. The number of aliphatic imine (C=N–C) groups is 1. The Bertz CT molecular complexity index is 561. The van der Waals surface area contributed by atoms with Crippen molar-refractivity contribution in [2.75, 3.05) is 26.8 Å². The van der Waals surface area contributed by atoms with E-state index in [9.17, 15) is 4.79 Å². The van der Waals surface area contributed by atoms with Gasteiger partial charge in [-0.05, 0) is 38.2 Å². The van der Waals surface area contributed by atoms with Crippen LogP contribution < -0.4 is 10.6 Å². The molecule has 2 N–H and O–H groups in total. The Kier molecular flexibility index (Phi) is 12.1. The number of carbonyl (C=O) groups excluding carboxylic acids is 1. The van der Waals surface area contributed by atoms with Crippen LogP contribution in [0.5, 0.6) is 0 Å². The maximum absolute atomic E-state index is 11.8. The van der Waals surface area contributed by atoms with Crippen molar-refractivity contribution >= 4 is 35.9 Å². The van der Waals surface area contributed by atoms with E-state index in [4.69, 9.17) is 9.47 Å². The molecule has 0 bridgehead atoms. The van der Waals surface area contributed by atoms with Crippen molar-refractivity contribution in [3.63, 3.8) is 0 Å². The van der Waals surface area contributed by atoms with Gasteiger partial charge in [0.15, 0.2) is 5.96 Å². The third-order valence-electron chi connectivity index (χ3n) is 4.56. The van der Waals surface area contributed by atoms with Crippen LogP contribution in [0.4, 0.5) is 0 Å². The fourth-order valence-corrected chi connectivity index (χ4v) is 3.13. The smallest absolute Gasteiger partial charge is 0.308 e. The van der Waals surface area contributed by atoms with Crippen molar-refractivity contribution in [2.45, 2.75) is 45.3 Å². The third kappa shape index (κ3) is 8.92. The zero-order valence-corrected chi connectivity index (χ0v) is 18.6. The van der Waals surface area contributed by atoms with Crippen LogP contribution in [-0.2, 0) is 20.9 Å². The van der Waals surface area contributed by atoms with Crippen LogP contribution in [0.15, 0.2) is 35.3 Å². The van der Waals surface area contributed by atoms with Gasteiger partial charge in [0.05, 0.1) is 25.7 Å². The number of hydrogen-bond donors (Lipinski definition) is 2. The van der Waals surface area contributed by atoms with E-state index in [-0.39, 0.29) is 35.9 Å². The molecule has 1 saturated carbocycles. The number of nitrogens with one attached hydrogen (secondary N) is 2. The molecule has 1 aliphatic rings. The van der Waals surface area contributed by atoms with Crippen molar-refractivity contribution in [2.24, 2.45) is 10.9 Å². The van der Waals surface area contributed by atoms with Crippen LogP contribution in [0.25, 0.3) is 0 Å². The third-order valence-corrected chi connectivity index (χ3v) is 4.56. The summed E-state index contributed by atoms with van der Waals surface area (Å²) in [5, 5.41) is 6.72. The van der Waals surface area contributed by atoms with Crippen LogP contribution >= 0.6 is 24.0 Å². The molecule has 0 aliphatic heterocycles. The van der Waals surface area contributed by atoms with E-state index in [1.807, 2.05) is 25.1 Å². The highest BCUT2D eigenvalue weighted by Crippen LogP contribution is 2.25. The topological polar surface area (TPSA) is 72.0 Å². The van der Waals surface area contributed by atoms with Crippen molar-refractivity contribution < 1.29 is 14.3 Å². The van der Waals surface area contributed by atoms with Gasteiger partial charge in [-0.3, -0.25) is 9.79 Å². The molecule has 0 unspecified atom stereocenters. The summed E-state index contributed by atoms with van der Waals surface area (Å²) in [7, 11) is 1.77. The monoisotopic (exact) mass is 489 g/mol. The average molecular weight is 489 g/mol. The summed E-state index contributed by atoms with van der Waals surface area (Å²) in [6.45, 7) is 4.24. The van der Waals surface area contributed by atoms with E-state index < -0.39 is 0 Å². The summed E-state index contributed by atoms with van der Waals surface area (Å²) in [4.78, 5) is 16.1. The SMILES string of the molecule is CCOC(=O)C1CCC(NC(=NC)NCCOCc2ccccc2)CC1.I.